The van der Waals surface area contributed by atoms with Gasteiger partial charge in [-0.2, -0.15) is 0 Å². The maximum absolute atomic E-state index is 2.50. The molecule has 0 bridgehead atoms. The molecule has 5 rings (SSSR count). The van der Waals surface area contributed by atoms with E-state index in [1.165, 1.54) is 28.7 Å². The normalized spacial score (nSPS) is 24.6. The summed E-state index contributed by atoms with van der Waals surface area (Å²) < 4.78 is 0.349. The Kier molecular flexibility index (Phi) is 4.77. The first kappa shape index (κ1) is 19.2. The van der Waals surface area contributed by atoms with Crippen LogP contribution in [0.2, 0.25) is 3.12 Å². The maximum Gasteiger partial charge on any atom is -1.00 e. The first-order chi connectivity index (χ1) is 11.0. The molecule has 0 spiro atoms. The van der Waals surface area contributed by atoms with Gasteiger partial charge in [-0.05, 0) is 0 Å². The van der Waals surface area contributed by atoms with Gasteiger partial charge in [-0.1, -0.05) is 0 Å². The number of fused-ring (bicyclic) bond motifs is 4. The summed E-state index contributed by atoms with van der Waals surface area (Å²) >= 11 is 1.64. The number of halogens is 2. The van der Waals surface area contributed by atoms with Gasteiger partial charge < -0.3 is 24.8 Å². The summed E-state index contributed by atoms with van der Waals surface area (Å²) in [6, 6.07) is 17.9. The van der Waals surface area contributed by atoms with Crippen molar-refractivity contribution >= 4 is 0 Å². The van der Waals surface area contributed by atoms with Crippen molar-refractivity contribution in [3.8, 4) is 11.1 Å². The molecule has 2 aromatic carbocycles. The fourth-order valence-corrected chi connectivity index (χ4v) is 5.75. The Hall–Kier alpha value is -0.617. The van der Waals surface area contributed by atoms with Crippen molar-refractivity contribution in [2.24, 2.45) is 5.41 Å². The minimum Gasteiger partial charge on any atom is -1.00 e. The number of hydrogen-bond donors (Lipinski definition) is 0. The Labute approximate surface area is 177 Å². The maximum atomic E-state index is 2.50. The second kappa shape index (κ2) is 6.22. The van der Waals surface area contributed by atoms with Crippen LogP contribution in [0, 0.1) is 5.41 Å². The Balaban J connectivity index is 0.000000911. The van der Waals surface area contributed by atoms with Gasteiger partial charge in [-0.3, -0.25) is 0 Å². The molecule has 1 saturated carbocycles. The fraction of sp³-hybridized carbons (Fsp3) is 0.273. The number of allylic oxidation sites excluding steroid dienone is 4. The average molecular weight is 446 g/mol. The van der Waals surface area contributed by atoms with E-state index in [1.807, 2.05) is 0 Å². The summed E-state index contributed by atoms with van der Waals surface area (Å²) in [6.07, 6.45) is 6.20. The summed E-state index contributed by atoms with van der Waals surface area (Å²) in [7, 11) is 0. The number of benzene rings is 2. The molecule has 2 aromatic rings. The summed E-state index contributed by atoms with van der Waals surface area (Å²) in [6.45, 7) is 4.85. The van der Waals surface area contributed by atoms with Crippen molar-refractivity contribution in [1.82, 2.24) is 0 Å². The molecule has 1 atom stereocenters. The van der Waals surface area contributed by atoms with E-state index in [1.54, 1.807) is 35.9 Å². The molecule has 0 aromatic heterocycles. The third-order valence-corrected chi connectivity index (χ3v) is 8.98. The molecular formula is C22H19Cl2Zr. The molecule has 3 aliphatic carbocycles. The van der Waals surface area contributed by atoms with Gasteiger partial charge in [0.2, 0.25) is 0 Å². The van der Waals surface area contributed by atoms with Gasteiger partial charge in [0.15, 0.2) is 0 Å². The van der Waals surface area contributed by atoms with Gasteiger partial charge in [-0.25, -0.2) is 0 Å². The molecule has 1 fully saturated rings. The summed E-state index contributed by atoms with van der Waals surface area (Å²) in [5.74, 6) is 0.437. The van der Waals surface area contributed by atoms with Crippen LogP contribution < -0.4 is 24.8 Å². The average Bonchev–Trinajstić information content (AvgIpc) is 3.02. The molecule has 0 aliphatic heterocycles. The zero-order valence-electron chi connectivity index (χ0n) is 14.3. The van der Waals surface area contributed by atoms with Gasteiger partial charge in [0.1, 0.15) is 0 Å². The third kappa shape index (κ3) is 2.35. The van der Waals surface area contributed by atoms with Crippen LogP contribution in [-0.2, 0) is 24.7 Å². The van der Waals surface area contributed by atoms with Crippen molar-refractivity contribution in [2.45, 2.75) is 29.3 Å². The van der Waals surface area contributed by atoms with Crippen LogP contribution in [0.4, 0.5) is 0 Å². The summed E-state index contributed by atoms with van der Waals surface area (Å²) in [4.78, 5) is 0. The molecule has 0 saturated heterocycles. The predicted molar refractivity (Wildman–Crippen MR) is 91.0 cm³/mol. The van der Waals surface area contributed by atoms with E-state index in [4.69, 9.17) is 0 Å². The van der Waals surface area contributed by atoms with Gasteiger partial charge in [-0.15, -0.1) is 0 Å². The van der Waals surface area contributed by atoms with Crippen LogP contribution in [0.1, 0.15) is 37.3 Å². The van der Waals surface area contributed by atoms with Crippen LogP contribution in [0.5, 0.6) is 0 Å². The molecular weight excluding hydrogens is 426 g/mol. The van der Waals surface area contributed by atoms with Gasteiger partial charge in [0.05, 0.1) is 0 Å². The van der Waals surface area contributed by atoms with E-state index in [9.17, 15) is 0 Å². The van der Waals surface area contributed by atoms with Gasteiger partial charge >= 0.3 is 154 Å². The summed E-state index contributed by atoms with van der Waals surface area (Å²) in [5.41, 5.74) is 9.55. The zero-order chi connectivity index (χ0) is 15.8. The summed E-state index contributed by atoms with van der Waals surface area (Å²) in [5, 5.41) is 0. The second-order valence-electron chi connectivity index (χ2n) is 7.74. The molecule has 3 heteroatoms. The van der Waals surface area contributed by atoms with Gasteiger partial charge in [0.25, 0.3) is 0 Å². The fourth-order valence-electron chi connectivity index (χ4n) is 4.75. The van der Waals surface area contributed by atoms with E-state index in [0.717, 1.165) is 0 Å². The minimum atomic E-state index is 0. The van der Waals surface area contributed by atoms with E-state index in [2.05, 4.69) is 74.5 Å². The SMILES string of the molecule is CC1(C)CC2=C(C3c4ccccc4-c4ccccc43)C=C[C]21[Zr+2].[Cl-].[Cl-]. The van der Waals surface area contributed by atoms with Crippen LogP contribution in [0.25, 0.3) is 11.1 Å². The first-order valence-electron chi connectivity index (χ1n) is 8.39. The Morgan fingerprint density at radius 2 is 1.40 bits per heavy atom. The van der Waals surface area contributed by atoms with Crippen molar-refractivity contribution in [3.05, 3.63) is 83.0 Å². The zero-order valence-corrected chi connectivity index (χ0v) is 18.3. The standard InChI is InChI=1S/C22H19.2ClH.Zr/c1-22(2)13-19-18(11-12-20(19)22)21-16-9-5-3-7-14(16)15-8-4-6-10-17(15)21;;;/h3-12,21H,13H2,1-2H3;2*1H;/q;;;+2/p-2. The quantitative estimate of drug-likeness (QED) is 0.571. The Morgan fingerprint density at radius 3 is 1.88 bits per heavy atom. The van der Waals surface area contributed by atoms with Crippen molar-refractivity contribution in [3.63, 3.8) is 0 Å². The molecule has 0 N–H and O–H groups in total. The van der Waals surface area contributed by atoms with E-state index in [-0.39, 0.29) is 24.8 Å². The molecule has 0 heterocycles. The van der Waals surface area contributed by atoms with E-state index < -0.39 is 0 Å². The minimum absolute atomic E-state index is 0. The molecule has 3 aliphatic rings. The van der Waals surface area contributed by atoms with Crippen molar-refractivity contribution in [2.75, 3.05) is 0 Å². The molecule has 0 amide bonds. The molecule has 25 heavy (non-hydrogen) atoms. The molecule has 0 nitrogen and oxygen atoms in total. The van der Waals surface area contributed by atoms with Gasteiger partial charge in [0, 0.05) is 0 Å². The molecule has 0 radical (unpaired) electrons. The topological polar surface area (TPSA) is 0 Å². The number of hydrogen-bond acceptors (Lipinski definition) is 0. The molecule has 1 unspecified atom stereocenters. The van der Waals surface area contributed by atoms with Crippen LogP contribution >= 0.6 is 0 Å². The smallest absolute Gasteiger partial charge is 1.00 e. The Morgan fingerprint density at radius 1 is 0.880 bits per heavy atom. The predicted octanol–water partition coefficient (Wildman–Crippen LogP) is -0.191. The monoisotopic (exact) mass is 443 g/mol. The third-order valence-electron chi connectivity index (χ3n) is 6.17. The van der Waals surface area contributed by atoms with Crippen LogP contribution in [0.3, 0.4) is 0 Å². The molecule has 125 valence electrons. The Bertz CT molecular complexity index is 864. The second-order valence-corrected chi connectivity index (χ2v) is 9.68. The van der Waals surface area contributed by atoms with Crippen molar-refractivity contribution in [1.29, 1.82) is 0 Å². The number of rotatable bonds is 1. The van der Waals surface area contributed by atoms with Crippen LogP contribution in [-0.4, -0.2) is 0 Å². The largest absolute Gasteiger partial charge is 1.00 e. The first-order valence-corrected chi connectivity index (χ1v) is 9.62. The van der Waals surface area contributed by atoms with Crippen LogP contribution in [0.15, 0.2) is 71.8 Å². The van der Waals surface area contributed by atoms with Crippen molar-refractivity contribution < 1.29 is 49.5 Å². The van der Waals surface area contributed by atoms with E-state index >= 15 is 0 Å². The van der Waals surface area contributed by atoms with E-state index in [0.29, 0.717) is 14.5 Å².